The summed E-state index contributed by atoms with van der Waals surface area (Å²) in [5.41, 5.74) is 0.850. The number of carboxylic acid groups (broad SMARTS) is 1. The van der Waals surface area contributed by atoms with Crippen molar-refractivity contribution in [3.05, 3.63) is 24.3 Å². The van der Waals surface area contributed by atoms with Crippen molar-refractivity contribution in [3.8, 4) is 0 Å². The summed E-state index contributed by atoms with van der Waals surface area (Å²) in [6.07, 6.45) is 0.997. The zero-order valence-corrected chi connectivity index (χ0v) is 11.4. The molecule has 0 heterocycles. The fraction of sp³-hybridized carbons (Fsp3) is 0.333. The molecule has 18 heavy (non-hydrogen) atoms. The van der Waals surface area contributed by atoms with Gasteiger partial charge in [-0.3, -0.25) is 10.1 Å². The third-order valence-corrected chi connectivity index (χ3v) is 2.79. The van der Waals surface area contributed by atoms with E-state index in [0.717, 1.165) is 18.2 Å². The maximum atomic E-state index is 11.6. The highest BCUT2D eigenvalue weighted by atomic mass is 79.9. The molecular weight excluding hydrogens is 300 g/mol. The number of halogens is 1. The number of carbonyl (C=O) groups is 2. The lowest BCUT2D eigenvalue weighted by atomic mass is 10.2. The molecular formula is C12H15BrN2O3. The largest absolute Gasteiger partial charge is 0.465 e. The number of hydrogen-bond donors (Lipinski definition) is 3. The molecule has 6 heteroatoms. The van der Waals surface area contributed by atoms with Crippen molar-refractivity contribution in [2.45, 2.75) is 19.3 Å². The van der Waals surface area contributed by atoms with Crippen LogP contribution in [0.5, 0.6) is 0 Å². The van der Waals surface area contributed by atoms with Gasteiger partial charge in [0.2, 0.25) is 5.91 Å². The highest BCUT2D eigenvalue weighted by Crippen LogP contribution is 2.21. The Morgan fingerprint density at radius 2 is 1.72 bits per heavy atom. The first-order valence-corrected chi connectivity index (χ1v) is 6.70. The molecule has 5 nitrogen and oxygen atoms in total. The smallest absolute Gasteiger partial charge is 0.409 e. The van der Waals surface area contributed by atoms with E-state index in [-0.39, 0.29) is 5.91 Å². The maximum Gasteiger partial charge on any atom is 0.409 e. The van der Waals surface area contributed by atoms with E-state index < -0.39 is 6.09 Å². The van der Waals surface area contributed by atoms with E-state index >= 15 is 0 Å². The van der Waals surface area contributed by atoms with Gasteiger partial charge in [0, 0.05) is 11.8 Å². The van der Waals surface area contributed by atoms with Gasteiger partial charge in [0.15, 0.2) is 0 Å². The van der Waals surface area contributed by atoms with E-state index in [1.54, 1.807) is 24.3 Å². The summed E-state index contributed by atoms with van der Waals surface area (Å²) in [5, 5.41) is 14.5. The Bertz CT molecular complexity index is 424. The zero-order valence-electron chi connectivity index (χ0n) is 9.78. The monoisotopic (exact) mass is 314 g/mol. The summed E-state index contributed by atoms with van der Waals surface area (Å²) in [5.74, 6) is -0.115. The number of amides is 2. The first-order chi connectivity index (χ1) is 8.63. The molecule has 0 atom stereocenters. The molecule has 0 fully saturated rings. The highest BCUT2D eigenvalue weighted by molar-refractivity contribution is 9.09. The first-order valence-electron chi connectivity index (χ1n) is 5.58. The van der Waals surface area contributed by atoms with Crippen LogP contribution in [0.25, 0.3) is 0 Å². The van der Waals surface area contributed by atoms with Crippen molar-refractivity contribution in [1.29, 1.82) is 0 Å². The van der Waals surface area contributed by atoms with Gasteiger partial charge in [-0.05, 0) is 25.0 Å². The Kier molecular flexibility index (Phi) is 6.21. The Labute approximate surface area is 114 Å². The van der Waals surface area contributed by atoms with Gasteiger partial charge in [0.1, 0.15) is 0 Å². The molecule has 0 aliphatic carbocycles. The van der Waals surface area contributed by atoms with Crippen molar-refractivity contribution in [2.24, 2.45) is 0 Å². The van der Waals surface area contributed by atoms with Crippen LogP contribution < -0.4 is 10.6 Å². The first kappa shape index (κ1) is 14.5. The number of alkyl halides is 1. The Morgan fingerprint density at radius 3 is 2.28 bits per heavy atom. The molecule has 0 aromatic heterocycles. The summed E-state index contributed by atoms with van der Waals surface area (Å²) in [6, 6.07) is 6.70. The number of nitrogens with one attached hydrogen (secondary N) is 2. The summed E-state index contributed by atoms with van der Waals surface area (Å²) in [7, 11) is 0. The number of unbranched alkanes of at least 4 members (excludes halogenated alkanes) is 1. The normalized spacial score (nSPS) is 9.83. The number of anilines is 2. The minimum atomic E-state index is -1.16. The lowest BCUT2D eigenvalue weighted by Crippen LogP contribution is -2.15. The molecule has 0 radical (unpaired) electrons. The minimum Gasteiger partial charge on any atom is -0.465 e. The van der Waals surface area contributed by atoms with Crippen LogP contribution in [0.4, 0.5) is 16.2 Å². The quantitative estimate of drug-likeness (QED) is 0.557. The molecule has 98 valence electrons. The second kappa shape index (κ2) is 7.71. The van der Waals surface area contributed by atoms with E-state index in [1.165, 1.54) is 0 Å². The molecule has 0 saturated heterocycles. The van der Waals surface area contributed by atoms with E-state index in [1.807, 2.05) is 0 Å². The molecule has 0 spiro atoms. The van der Waals surface area contributed by atoms with Gasteiger partial charge in [-0.1, -0.05) is 28.1 Å². The van der Waals surface area contributed by atoms with E-state index in [4.69, 9.17) is 5.11 Å². The second-order valence-corrected chi connectivity index (χ2v) is 4.46. The average molecular weight is 315 g/mol. The van der Waals surface area contributed by atoms with E-state index in [0.29, 0.717) is 17.8 Å². The van der Waals surface area contributed by atoms with E-state index in [2.05, 4.69) is 26.6 Å². The van der Waals surface area contributed by atoms with Gasteiger partial charge in [0.05, 0.1) is 11.4 Å². The molecule has 0 aliphatic heterocycles. The van der Waals surface area contributed by atoms with Crippen LogP contribution in [0, 0.1) is 0 Å². The molecule has 0 unspecified atom stereocenters. The minimum absolute atomic E-state index is 0.115. The van der Waals surface area contributed by atoms with Gasteiger partial charge < -0.3 is 10.4 Å². The van der Waals surface area contributed by atoms with Gasteiger partial charge in [-0.25, -0.2) is 4.79 Å². The molecule has 0 aliphatic rings. The molecule has 1 aromatic rings. The van der Waals surface area contributed by atoms with Crippen molar-refractivity contribution in [1.82, 2.24) is 0 Å². The molecule has 3 N–H and O–H groups in total. The third kappa shape index (κ3) is 5.18. The average Bonchev–Trinajstić information content (AvgIpc) is 2.31. The van der Waals surface area contributed by atoms with Crippen molar-refractivity contribution >= 4 is 39.3 Å². The van der Waals surface area contributed by atoms with E-state index in [9.17, 15) is 9.59 Å². The van der Waals surface area contributed by atoms with Crippen molar-refractivity contribution in [3.63, 3.8) is 0 Å². The van der Waals surface area contributed by atoms with Crippen LogP contribution in [0.2, 0.25) is 0 Å². The van der Waals surface area contributed by atoms with Crippen LogP contribution in [0.3, 0.4) is 0 Å². The standard InChI is InChI=1S/C12H15BrN2O3/c13-8-4-3-7-11(16)14-9-5-1-2-6-10(9)15-12(17)18/h1-2,5-6,15H,3-4,7-8H2,(H,14,16)(H,17,18). The predicted octanol–water partition coefficient (Wildman–Crippen LogP) is 3.28. The summed E-state index contributed by atoms with van der Waals surface area (Å²) in [4.78, 5) is 22.2. The summed E-state index contributed by atoms with van der Waals surface area (Å²) in [6.45, 7) is 0. The van der Waals surface area contributed by atoms with Gasteiger partial charge >= 0.3 is 6.09 Å². The van der Waals surface area contributed by atoms with Crippen molar-refractivity contribution < 1.29 is 14.7 Å². The van der Waals surface area contributed by atoms with Crippen LogP contribution in [-0.2, 0) is 4.79 Å². The number of para-hydroxylation sites is 2. The fourth-order valence-electron chi connectivity index (χ4n) is 1.41. The maximum absolute atomic E-state index is 11.6. The van der Waals surface area contributed by atoms with Crippen LogP contribution in [0.15, 0.2) is 24.3 Å². The molecule has 1 rings (SSSR count). The second-order valence-electron chi connectivity index (χ2n) is 3.67. The van der Waals surface area contributed by atoms with Crippen molar-refractivity contribution in [2.75, 3.05) is 16.0 Å². The lowest BCUT2D eigenvalue weighted by molar-refractivity contribution is -0.116. The third-order valence-electron chi connectivity index (χ3n) is 2.23. The predicted molar refractivity (Wildman–Crippen MR) is 74.4 cm³/mol. The van der Waals surface area contributed by atoms with Crippen LogP contribution in [-0.4, -0.2) is 22.4 Å². The molecule has 0 bridgehead atoms. The molecule has 2 amide bonds. The molecule has 1 aromatic carbocycles. The highest BCUT2D eigenvalue weighted by Gasteiger charge is 2.07. The number of carbonyl (C=O) groups excluding carboxylic acids is 1. The van der Waals surface area contributed by atoms with Crippen LogP contribution in [0.1, 0.15) is 19.3 Å². The summed E-state index contributed by atoms with van der Waals surface area (Å²) < 4.78 is 0. The SMILES string of the molecule is O=C(O)Nc1ccccc1NC(=O)CCCCBr. The Balaban J connectivity index is 2.60. The lowest BCUT2D eigenvalue weighted by Gasteiger charge is -2.10. The number of hydrogen-bond acceptors (Lipinski definition) is 2. The topological polar surface area (TPSA) is 78.4 Å². The number of benzene rings is 1. The fourth-order valence-corrected chi connectivity index (χ4v) is 1.81. The van der Waals surface area contributed by atoms with Gasteiger partial charge in [-0.2, -0.15) is 0 Å². The Morgan fingerprint density at radius 1 is 1.11 bits per heavy atom. The van der Waals surface area contributed by atoms with Gasteiger partial charge in [0.25, 0.3) is 0 Å². The van der Waals surface area contributed by atoms with Gasteiger partial charge in [-0.15, -0.1) is 0 Å². The number of rotatable bonds is 6. The molecule has 0 saturated carbocycles. The Hall–Kier alpha value is -1.56. The zero-order chi connectivity index (χ0) is 13.4. The van der Waals surface area contributed by atoms with Crippen LogP contribution >= 0.6 is 15.9 Å². The summed E-state index contributed by atoms with van der Waals surface area (Å²) >= 11 is 3.30.